The molecule has 0 bridgehead atoms. The molecule has 0 amide bonds. The minimum absolute atomic E-state index is 0.0915. The lowest BCUT2D eigenvalue weighted by Gasteiger charge is -2.44. The van der Waals surface area contributed by atoms with Gasteiger partial charge in [-0.2, -0.15) is 0 Å². The molecule has 2 rings (SSSR count). The number of rotatable bonds is 4. The van der Waals surface area contributed by atoms with Crippen molar-refractivity contribution in [1.82, 2.24) is 0 Å². The van der Waals surface area contributed by atoms with Crippen LogP contribution in [0.25, 0.3) is 0 Å². The van der Waals surface area contributed by atoms with Gasteiger partial charge in [-0.05, 0) is 26.0 Å². The summed E-state index contributed by atoms with van der Waals surface area (Å²) in [4.78, 5) is 2.46. The van der Waals surface area contributed by atoms with E-state index in [9.17, 15) is 8.42 Å². The number of hydrogen-bond donors (Lipinski definition) is 1. The third-order valence-electron chi connectivity index (χ3n) is 3.67. The van der Waals surface area contributed by atoms with E-state index in [1.54, 1.807) is 19.1 Å². The van der Waals surface area contributed by atoms with Crippen molar-refractivity contribution in [3.63, 3.8) is 0 Å². The number of nitrogens with two attached hydrogens (primary N) is 1. The molecule has 0 aromatic heterocycles. The predicted octanol–water partition coefficient (Wildman–Crippen LogP) is 1.42. The van der Waals surface area contributed by atoms with Gasteiger partial charge in [0.15, 0.2) is 9.84 Å². The second-order valence-corrected chi connectivity index (χ2v) is 8.23. The van der Waals surface area contributed by atoms with Crippen molar-refractivity contribution in [2.24, 2.45) is 5.73 Å². The lowest BCUT2D eigenvalue weighted by atomic mass is 10.0. The summed E-state index contributed by atoms with van der Waals surface area (Å²) in [7, 11) is -3.25. The third-order valence-corrected chi connectivity index (χ3v) is 5.44. The van der Waals surface area contributed by atoms with E-state index in [-0.39, 0.29) is 17.5 Å². The number of sulfone groups is 1. The summed E-state index contributed by atoms with van der Waals surface area (Å²) in [5, 5.41) is 0. The molecule has 1 unspecified atom stereocenters. The Morgan fingerprint density at radius 2 is 2.05 bits per heavy atom. The van der Waals surface area contributed by atoms with Crippen LogP contribution < -0.4 is 10.6 Å². The van der Waals surface area contributed by atoms with Crippen LogP contribution in [-0.4, -0.2) is 45.5 Å². The van der Waals surface area contributed by atoms with Gasteiger partial charge < -0.3 is 15.4 Å². The molecule has 1 aromatic carbocycles. The molecule has 1 aliphatic heterocycles. The number of morpholine rings is 1. The number of ether oxygens (including phenoxy) is 1. The van der Waals surface area contributed by atoms with Gasteiger partial charge in [-0.25, -0.2) is 8.42 Å². The Hall–Kier alpha value is -1.11. The van der Waals surface area contributed by atoms with Gasteiger partial charge in [0.05, 0.1) is 28.0 Å². The lowest BCUT2D eigenvalue weighted by molar-refractivity contribution is -0.0789. The molecule has 118 valence electrons. The first kappa shape index (κ1) is 16.3. The molecular formula is C15H24N2O3S. The summed E-state index contributed by atoms with van der Waals surface area (Å²) in [6, 6.07) is 7.16. The summed E-state index contributed by atoms with van der Waals surface area (Å²) in [5.41, 5.74) is 6.13. The van der Waals surface area contributed by atoms with E-state index in [2.05, 4.69) is 4.90 Å². The van der Waals surface area contributed by atoms with Crippen LogP contribution in [0.4, 0.5) is 5.69 Å². The van der Waals surface area contributed by atoms with Gasteiger partial charge in [-0.3, -0.25) is 0 Å². The lowest BCUT2D eigenvalue weighted by Crippen LogP contribution is -2.55. The van der Waals surface area contributed by atoms with Crippen LogP contribution in [0.3, 0.4) is 0 Å². The SMILES string of the molecule is CCS(=O)(=O)c1ccccc1N1CC(CN)OC(C)(C)C1. The fourth-order valence-corrected chi connectivity index (χ4v) is 3.85. The minimum Gasteiger partial charge on any atom is -0.367 e. The molecule has 0 saturated carbocycles. The van der Waals surface area contributed by atoms with Gasteiger partial charge in [0.2, 0.25) is 0 Å². The van der Waals surface area contributed by atoms with Gasteiger partial charge in [0, 0.05) is 19.6 Å². The van der Waals surface area contributed by atoms with Crippen molar-refractivity contribution < 1.29 is 13.2 Å². The smallest absolute Gasteiger partial charge is 0.180 e. The second kappa shape index (κ2) is 5.94. The Labute approximate surface area is 127 Å². The molecule has 2 N–H and O–H groups in total. The molecule has 5 nitrogen and oxygen atoms in total. The van der Waals surface area contributed by atoms with Crippen LogP contribution in [0, 0.1) is 0 Å². The van der Waals surface area contributed by atoms with Gasteiger partial charge in [-0.15, -0.1) is 0 Å². The van der Waals surface area contributed by atoms with Crippen LogP contribution >= 0.6 is 0 Å². The highest BCUT2D eigenvalue weighted by Gasteiger charge is 2.34. The van der Waals surface area contributed by atoms with Crippen LogP contribution in [0.2, 0.25) is 0 Å². The van der Waals surface area contributed by atoms with Gasteiger partial charge in [0.25, 0.3) is 0 Å². The first-order valence-electron chi connectivity index (χ1n) is 7.23. The van der Waals surface area contributed by atoms with Crippen LogP contribution in [0.1, 0.15) is 20.8 Å². The molecule has 0 radical (unpaired) electrons. The van der Waals surface area contributed by atoms with E-state index >= 15 is 0 Å². The molecule has 1 heterocycles. The number of nitrogens with zero attached hydrogens (tertiary/aromatic N) is 1. The van der Waals surface area contributed by atoms with Crippen molar-refractivity contribution in [3.8, 4) is 0 Å². The monoisotopic (exact) mass is 312 g/mol. The van der Waals surface area contributed by atoms with Gasteiger partial charge >= 0.3 is 0 Å². The highest BCUT2D eigenvalue weighted by atomic mass is 32.2. The van der Waals surface area contributed by atoms with Crippen LogP contribution in [0.15, 0.2) is 29.2 Å². The molecule has 6 heteroatoms. The second-order valence-electron chi connectivity index (χ2n) is 5.99. The summed E-state index contributed by atoms with van der Waals surface area (Å²) in [6.45, 7) is 7.33. The molecular weight excluding hydrogens is 288 g/mol. The Kier molecular flexibility index (Phi) is 4.60. The molecule has 1 saturated heterocycles. The molecule has 1 aliphatic rings. The van der Waals surface area contributed by atoms with Gasteiger partial charge in [-0.1, -0.05) is 19.1 Å². The maximum Gasteiger partial charge on any atom is 0.180 e. The van der Waals surface area contributed by atoms with Crippen LogP contribution in [-0.2, 0) is 14.6 Å². The van der Waals surface area contributed by atoms with E-state index in [1.165, 1.54) is 0 Å². The van der Waals surface area contributed by atoms with E-state index in [4.69, 9.17) is 10.5 Å². The normalized spacial score (nSPS) is 22.3. The van der Waals surface area contributed by atoms with Crippen molar-refractivity contribution in [1.29, 1.82) is 0 Å². The maximum atomic E-state index is 12.3. The zero-order valence-corrected chi connectivity index (χ0v) is 13.7. The standard InChI is InChI=1S/C15H24N2O3S/c1-4-21(18,19)14-8-6-5-7-13(14)17-10-12(9-16)20-15(2,3)11-17/h5-8,12H,4,9-11,16H2,1-3H3. The molecule has 0 aliphatic carbocycles. The first-order valence-corrected chi connectivity index (χ1v) is 8.89. The minimum atomic E-state index is -3.25. The van der Waals surface area contributed by atoms with Crippen molar-refractivity contribution in [2.45, 2.75) is 37.4 Å². The fraction of sp³-hybridized carbons (Fsp3) is 0.600. The third kappa shape index (κ3) is 3.56. The van der Waals surface area contributed by atoms with E-state index < -0.39 is 9.84 Å². The number of para-hydroxylation sites is 1. The largest absolute Gasteiger partial charge is 0.367 e. The van der Waals surface area contributed by atoms with Crippen molar-refractivity contribution in [2.75, 3.05) is 30.3 Å². The Balaban J connectivity index is 2.42. The fourth-order valence-electron chi connectivity index (χ4n) is 2.74. The number of anilines is 1. The quantitative estimate of drug-likeness (QED) is 0.910. The van der Waals surface area contributed by atoms with Gasteiger partial charge in [0.1, 0.15) is 0 Å². The maximum absolute atomic E-state index is 12.3. The highest BCUT2D eigenvalue weighted by Crippen LogP contribution is 2.31. The summed E-state index contributed by atoms with van der Waals surface area (Å²) < 4.78 is 30.5. The topological polar surface area (TPSA) is 72.6 Å². The average Bonchev–Trinajstić information content (AvgIpc) is 2.45. The molecule has 1 fully saturated rings. The van der Waals surface area contributed by atoms with E-state index in [0.29, 0.717) is 24.5 Å². The average molecular weight is 312 g/mol. The van der Waals surface area contributed by atoms with E-state index in [0.717, 1.165) is 5.69 Å². The number of benzene rings is 1. The van der Waals surface area contributed by atoms with E-state index in [1.807, 2.05) is 26.0 Å². The summed E-state index contributed by atoms with van der Waals surface area (Å²) in [5.74, 6) is 0.0953. The zero-order chi connectivity index (χ0) is 15.7. The Morgan fingerprint density at radius 3 is 2.67 bits per heavy atom. The molecule has 1 atom stereocenters. The number of hydrogen-bond acceptors (Lipinski definition) is 5. The summed E-state index contributed by atoms with van der Waals surface area (Å²) in [6.07, 6.45) is -0.0915. The van der Waals surface area contributed by atoms with Crippen molar-refractivity contribution in [3.05, 3.63) is 24.3 Å². The Morgan fingerprint density at radius 1 is 1.38 bits per heavy atom. The zero-order valence-electron chi connectivity index (χ0n) is 12.9. The Bertz CT molecular complexity index is 599. The van der Waals surface area contributed by atoms with Crippen LogP contribution in [0.5, 0.6) is 0 Å². The van der Waals surface area contributed by atoms with Crippen molar-refractivity contribution >= 4 is 15.5 Å². The first-order chi connectivity index (χ1) is 9.79. The highest BCUT2D eigenvalue weighted by molar-refractivity contribution is 7.91. The summed E-state index contributed by atoms with van der Waals surface area (Å²) >= 11 is 0. The molecule has 0 spiro atoms. The predicted molar refractivity (Wildman–Crippen MR) is 84.4 cm³/mol. The molecule has 1 aromatic rings. The molecule has 21 heavy (non-hydrogen) atoms.